The molecule has 3 heterocycles. The van der Waals surface area contributed by atoms with Gasteiger partial charge in [-0.2, -0.15) is 5.10 Å². The van der Waals surface area contributed by atoms with E-state index in [9.17, 15) is 0 Å². The molecule has 0 radical (unpaired) electrons. The van der Waals surface area contributed by atoms with Gasteiger partial charge in [0.25, 0.3) is 0 Å². The summed E-state index contributed by atoms with van der Waals surface area (Å²) in [5, 5.41) is 5.67. The maximum absolute atomic E-state index is 6.42. The maximum Gasteiger partial charge on any atom is 0.154 e. The molecule has 0 N–H and O–H groups in total. The van der Waals surface area contributed by atoms with Gasteiger partial charge in [-0.25, -0.2) is 9.67 Å². The molecule has 0 aliphatic carbocycles. The topological polar surface area (TPSA) is 46.4 Å². The molecule has 0 bridgehead atoms. The molecule has 0 unspecified atom stereocenters. The Morgan fingerprint density at radius 3 is 2.49 bits per heavy atom. The zero-order valence-electron chi connectivity index (χ0n) is 21.4. The van der Waals surface area contributed by atoms with Crippen LogP contribution in [-0.2, 0) is 5.41 Å². The van der Waals surface area contributed by atoms with E-state index in [1.54, 1.807) is 0 Å². The summed E-state index contributed by atoms with van der Waals surface area (Å²) in [5.74, 6) is 2.80. The second-order valence-corrected chi connectivity index (χ2v) is 10.6. The summed E-state index contributed by atoms with van der Waals surface area (Å²) < 4.78 is 8.30. The summed E-state index contributed by atoms with van der Waals surface area (Å²) in [4.78, 5) is 8.98. The Morgan fingerprint density at radius 2 is 1.77 bits per heavy atom. The number of hydrogen-bond donors (Lipinski definition) is 0. The van der Waals surface area contributed by atoms with Gasteiger partial charge in [0.15, 0.2) is 5.82 Å². The fraction of sp³-hybridized carbons (Fsp3) is 0.310. The van der Waals surface area contributed by atoms with Gasteiger partial charge in [0.05, 0.1) is 18.4 Å². The van der Waals surface area contributed by atoms with Gasteiger partial charge in [-0.15, -0.1) is 0 Å². The SMILES string of the molecule is CC(C)c1cc(Oc2ccc3cnn(-c4cc(C(C)(C)C)ccn4)c3c2)cc(N2C=CN(C)C2)c1. The van der Waals surface area contributed by atoms with Crippen LogP contribution < -0.4 is 9.64 Å². The lowest BCUT2D eigenvalue weighted by Crippen LogP contribution is -2.21. The number of benzene rings is 2. The molecular weight excluding hydrogens is 434 g/mol. The number of hydrogen-bond acceptors (Lipinski definition) is 5. The predicted molar refractivity (Wildman–Crippen MR) is 142 cm³/mol. The lowest BCUT2D eigenvalue weighted by atomic mass is 9.88. The third-order valence-electron chi connectivity index (χ3n) is 6.40. The molecule has 2 aromatic carbocycles. The minimum Gasteiger partial charge on any atom is -0.457 e. The van der Waals surface area contributed by atoms with Gasteiger partial charge >= 0.3 is 0 Å². The van der Waals surface area contributed by atoms with E-state index in [0.717, 1.165) is 40.6 Å². The average molecular weight is 468 g/mol. The van der Waals surface area contributed by atoms with Crippen LogP contribution >= 0.6 is 0 Å². The standard InChI is InChI=1S/C29H33N5O/c1-20(2)22-13-24(33-12-11-32(6)19-33)16-26(14-22)35-25-8-7-21-18-31-34(27(21)17-25)28-15-23(9-10-30-28)29(3,4)5/h7-18,20H,19H2,1-6H3. The van der Waals surface area contributed by atoms with Crippen LogP contribution in [0, 0.1) is 0 Å². The Labute approximate surface area is 207 Å². The first kappa shape index (κ1) is 23.0. The smallest absolute Gasteiger partial charge is 0.154 e. The molecule has 180 valence electrons. The number of aromatic nitrogens is 3. The van der Waals surface area contributed by atoms with E-state index >= 15 is 0 Å². The highest BCUT2D eigenvalue weighted by molar-refractivity contribution is 5.81. The first-order valence-electron chi connectivity index (χ1n) is 12.1. The van der Waals surface area contributed by atoms with Crippen molar-refractivity contribution in [3.63, 3.8) is 0 Å². The van der Waals surface area contributed by atoms with Crippen LogP contribution in [0.25, 0.3) is 16.7 Å². The van der Waals surface area contributed by atoms with Crippen LogP contribution in [0.5, 0.6) is 11.5 Å². The third-order valence-corrected chi connectivity index (χ3v) is 6.40. The van der Waals surface area contributed by atoms with Crippen LogP contribution in [0.2, 0.25) is 0 Å². The van der Waals surface area contributed by atoms with Crippen LogP contribution in [0.1, 0.15) is 51.7 Å². The minimum absolute atomic E-state index is 0.0351. The summed E-state index contributed by atoms with van der Waals surface area (Å²) >= 11 is 0. The number of nitrogens with zero attached hydrogens (tertiary/aromatic N) is 5. The van der Waals surface area contributed by atoms with Gasteiger partial charge in [-0.1, -0.05) is 34.6 Å². The van der Waals surface area contributed by atoms with Crippen molar-refractivity contribution in [2.24, 2.45) is 0 Å². The summed E-state index contributed by atoms with van der Waals surface area (Å²) in [5.41, 5.74) is 4.59. The van der Waals surface area contributed by atoms with Crippen molar-refractivity contribution in [1.29, 1.82) is 0 Å². The number of pyridine rings is 1. The van der Waals surface area contributed by atoms with E-state index < -0.39 is 0 Å². The van der Waals surface area contributed by atoms with E-state index in [2.05, 4.69) is 104 Å². The third kappa shape index (κ3) is 4.74. The highest BCUT2D eigenvalue weighted by atomic mass is 16.5. The fourth-order valence-electron chi connectivity index (χ4n) is 4.24. The van der Waals surface area contributed by atoms with Crippen LogP contribution in [-0.4, -0.2) is 33.4 Å². The molecule has 0 saturated carbocycles. The predicted octanol–water partition coefficient (Wildman–Crippen LogP) is 6.81. The summed E-state index contributed by atoms with van der Waals surface area (Å²) in [6, 6.07) is 16.7. The molecule has 2 aromatic heterocycles. The molecule has 35 heavy (non-hydrogen) atoms. The van der Waals surface area contributed by atoms with Gasteiger partial charge in [0.2, 0.25) is 0 Å². The van der Waals surface area contributed by atoms with Crippen LogP contribution in [0.3, 0.4) is 0 Å². The van der Waals surface area contributed by atoms with Crippen molar-refractivity contribution in [1.82, 2.24) is 19.7 Å². The minimum atomic E-state index is 0.0351. The molecule has 1 aliphatic heterocycles. The van der Waals surface area contributed by atoms with Crippen LogP contribution in [0.4, 0.5) is 5.69 Å². The lowest BCUT2D eigenvalue weighted by molar-refractivity contribution is 0.480. The van der Waals surface area contributed by atoms with E-state index in [-0.39, 0.29) is 5.41 Å². The van der Waals surface area contributed by atoms with Gasteiger partial charge < -0.3 is 14.5 Å². The second-order valence-electron chi connectivity index (χ2n) is 10.6. The number of rotatable bonds is 5. The molecule has 0 atom stereocenters. The van der Waals surface area contributed by atoms with Crippen molar-refractivity contribution in [3.05, 3.63) is 84.5 Å². The van der Waals surface area contributed by atoms with Crippen molar-refractivity contribution in [3.8, 4) is 17.3 Å². The number of fused-ring (bicyclic) bond motifs is 1. The molecular formula is C29H33N5O. The fourth-order valence-corrected chi connectivity index (χ4v) is 4.24. The Kier molecular flexibility index (Phi) is 5.75. The van der Waals surface area contributed by atoms with E-state index in [4.69, 9.17) is 4.74 Å². The lowest BCUT2D eigenvalue weighted by Gasteiger charge is -2.21. The molecule has 0 spiro atoms. The normalized spacial score (nSPS) is 13.9. The number of anilines is 1. The Bertz CT molecular complexity index is 1400. The molecule has 0 saturated heterocycles. The van der Waals surface area contributed by atoms with Gasteiger partial charge in [0.1, 0.15) is 11.5 Å². The van der Waals surface area contributed by atoms with Gasteiger partial charge in [0, 0.05) is 48.9 Å². The Hall–Kier alpha value is -3.80. The zero-order chi connectivity index (χ0) is 24.7. The summed E-state index contributed by atoms with van der Waals surface area (Å²) in [6.07, 6.45) is 7.91. The summed E-state index contributed by atoms with van der Waals surface area (Å²) in [7, 11) is 2.07. The molecule has 5 rings (SSSR count). The van der Waals surface area contributed by atoms with E-state index in [0.29, 0.717) is 5.92 Å². The zero-order valence-corrected chi connectivity index (χ0v) is 21.4. The first-order valence-corrected chi connectivity index (χ1v) is 12.1. The Balaban J connectivity index is 1.50. The highest BCUT2D eigenvalue weighted by Crippen LogP contribution is 2.34. The van der Waals surface area contributed by atoms with Gasteiger partial charge in [-0.05, 0) is 58.9 Å². The molecule has 0 fully saturated rings. The van der Waals surface area contributed by atoms with Crippen LogP contribution in [0.15, 0.2) is 73.3 Å². The van der Waals surface area contributed by atoms with E-state index in [1.165, 1.54) is 11.1 Å². The first-order chi connectivity index (χ1) is 16.7. The second kappa shape index (κ2) is 8.77. The van der Waals surface area contributed by atoms with E-state index in [1.807, 2.05) is 35.3 Å². The average Bonchev–Trinajstić information content (AvgIpc) is 3.44. The van der Waals surface area contributed by atoms with Gasteiger partial charge in [-0.3, -0.25) is 0 Å². The van der Waals surface area contributed by atoms with Crippen molar-refractivity contribution in [2.75, 3.05) is 18.6 Å². The van der Waals surface area contributed by atoms with Crippen molar-refractivity contribution < 1.29 is 4.74 Å². The molecule has 6 heteroatoms. The molecule has 6 nitrogen and oxygen atoms in total. The number of ether oxygens (including phenoxy) is 1. The van der Waals surface area contributed by atoms with Crippen molar-refractivity contribution >= 4 is 16.6 Å². The quantitative estimate of drug-likeness (QED) is 0.322. The van der Waals surface area contributed by atoms with Crippen molar-refractivity contribution in [2.45, 2.75) is 46.0 Å². The molecule has 4 aromatic rings. The highest BCUT2D eigenvalue weighted by Gasteiger charge is 2.17. The molecule has 0 amide bonds. The molecule has 1 aliphatic rings. The monoisotopic (exact) mass is 467 g/mol. The Morgan fingerprint density at radius 1 is 0.943 bits per heavy atom. The summed E-state index contributed by atoms with van der Waals surface area (Å²) in [6.45, 7) is 11.8. The largest absolute Gasteiger partial charge is 0.457 e. The maximum atomic E-state index is 6.42.